The second-order valence-corrected chi connectivity index (χ2v) is 6.11. The van der Waals surface area contributed by atoms with E-state index in [1.165, 1.54) is 0 Å². The van der Waals surface area contributed by atoms with Crippen molar-refractivity contribution in [3.05, 3.63) is 16.1 Å². The van der Waals surface area contributed by atoms with Crippen molar-refractivity contribution in [3.8, 4) is 0 Å². The van der Waals surface area contributed by atoms with Crippen molar-refractivity contribution >= 4 is 47.4 Å². The third-order valence-electron chi connectivity index (χ3n) is 3.61. The Balaban J connectivity index is 0.00000264. The van der Waals surface area contributed by atoms with Gasteiger partial charge < -0.3 is 20.7 Å². The summed E-state index contributed by atoms with van der Waals surface area (Å²) in [6, 6.07) is 0.247. The number of thiazole rings is 1. The quantitative estimate of drug-likeness (QED) is 0.414. The lowest BCUT2D eigenvalue weighted by Gasteiger charge is -2.31. The van der Waals surface area contributed by atoms with E-state index in [9.17, 15) is 4.79 Å². The lowest BCUT2D eigenvalue weighted by molar-refractivity contribution is 0.0963. The normalized spacial score (nSPS) is 15.9. The molecule has 9 heteroatoms. The average Bonchev–Trinajstić information content (AvgIpc) is 2.91. The van der Waals surface area contributed by atoms with Crippen LogP contribution in [0.15, 0.2) is 10.5 Å². The molecule has 1 aliphatic rings. The second kappa shape index (κ2) is 9.91. The Hall–Kier alpha value is -1.10. The van der Waals surface area contributed by atoms with Gasteiger partial charge in [0.05, 0.1) is 24.4 Å². The Bertz CT molecular complexity index is 529. The van der Waals surface area contributed by atoms with Gasteiger partial charge >= 0.3 is 6.09 Å². The van der Waals surface area contributed by atoms with Gasteiger partial charge in [-0.05, 0) is 26.7 Å². The van der Waals surface area contributed by atoms with E-state index in [4.69, 9.17) is 10.5 Å². The molecule has 1 aromatic rings. The molecule has 0 spiro atoms. The van der Waals surface area contributed by atoms with Gasteiger partial charge in [-0.1, -0.05) is 0 Å². The number of guanidine groups is 1. The molecule has 1 aliphatic heterocycles. The van der Waals surface area contributed by atoms with Gasteiger partial charge in [-0.3, -0.25) is 0 Å². The fourth-order valence-corrected chi connectivity index (χ4v) is 3.01. The number of nitrogens with zero attached hydrogens (tertiary/aromatic N) is 3. The number of carbonyl (C=O) groups excluding carboxylic acids is 1. The van der Waals surface area contributed by atoms with E-state index in [0.29, 0.717) is 32.2 Å². The summed E-state index contributed by atoms with van der Waals surface area (Å²) in [4.78, 5) is 23.0. The number of rotatable bonds is 4. The zero-order valence-electron chi connectivity index (χ0n) is 13.4. The summed E-state index contributed by atoms with van der Waals surface area (Å²) in [6.45, 7) is 6.10. The van der Waals surface area contributed by atoms with E-state index in [1.54, 1.807) is 16.2 Å². The first-order valence-corrected chi connectivity index (χ1v) is 8.35. The zero-order valence-corrected chi connectivity index (χ0v) is 16.6. The minimum atomic E-state index is -0.233. The standard InChI is InChI=1S/C14H23N5O2S.HI/c1-3-21-14(20)19-6-4-11(5-7-19)18-13(15)16-8-12-10(2)17-9-22-12;/h9,11H,3-8H2,1-2H3,(H3,15,16,18);1H. The maximum atomic E-state index is 11.6. The molecule has 3 N–H and O–H groups in total. The molecular weight excluding hydrogens is 429 g/mol. The number of hydrogen-bond donors (Lipinski definition) is 2. The monoisotopic (exact) mass is 453 g/mol. The van der Waals surface area contributed by atoms with Crippen molar-refractivity contribution < 1.29 is 9.53 Å². The minimum Gasteiger partial charge on any atom is -0.450 e. The number of nitrogens with one attached hydrogen (secondary N) is 1. The molecule has 1 amide bonds. The van der Waals surface area contributed by atoms with Crippen LogP contribution in [0.5, 0.6) is 0 Å². The van der Waals surface area contributed by atoms with E-state index >= 15 is 0 Å². The molecule has 2 heterocycles. The average molecular weight is 453 g/mol. The SMILES string of the molecule is CCOC(=O)N1CCC(NC(N)=NCc2scnc2C)CC1.I. The molecular formula is C14H24IN5O2S. The molecule has 0 unspecified atom stereocenters. The first-order valence-electron chi connectivity index (χ1n) is 7.47. The number of amides is 1. The van der Waals surface area contributed by atoms with Crippen LogP contribution in [0.25, 0.3) is 0 Å². The number of hydrogen-bond acceptors (Lipinski definition) is 5. The second-order valence-electron chi connectivity index (χ2n) is 5.17. The molecule has 2 rings (SSSR count). The van der Waals surface area contributed by atoms with Crippen LogP contribution in [0.3, 0.4) is 0 Å². The molecule has 0 atom stereocenters. The Kier molecular flexibility index (Phi) is 8.59. The summed E-state index contributed by atoms with van der Waals surface area (Å²) in [5, 5.41) is 3.23. The predicted molar refractivity (Wildman–Crippen MR) is 102 cm³/mol. The summed E-state index contributed by atoms with van der Waals surface area (Å²) in [5.74, 6) is 0.447. The van der Waals surface area contributed by atoms with Crippen molar-refractivity contribution in [2.75, 3.05) is 19.7 Å². The van der Waals surface area contributed by atoms with Gasteiger partial charge in [-0.2, -0.15) is 0 Å². The Morgan fingerprint density at radius 3 is 2.83 bits per heavy atom. The van der Waals surface area contributed by atoms with Gasteiger partial charge in [-0.25, -0.2) is 14.8 Å². The van der Waals surface area contributed by atoms with E-state index in [-0.39, 0.29) is 36.1 Å². The summed E-state index contributed by atoms with van der Waals surface area (Å²) in [5.41, 5.74) is 8.75. The Morgan fingerprint density at radius 2 is 2.26 bits per heavy atom. The third-order valence-corrected chi connectivity index (χ3v) is 4.53. The van der Waals surface area contributed by atoms with Crippen molar-refractivity contribution in [3.63, 3.8) is 0 Å². The molecule has 23 heavy (non-hydrogen) atoms. The number of aliphatic imine (C=N–C) groups is 1. The van der Waals surface area contributed by atoms with Gasteiger partial charge in [0.15, 0.2) is 5.96 Å². The number of ether oxygens (including phenoxy) is 1. The number of piperidine rings is 1. The molecule has 7 nitrogen and oxygen atoms in total. The van der Waals surface area contributed by atoms with Crippen LogP contribution in [0.1, 0.15) is 30.3 Å². The number of carbonyl (C=O) groups is 1. The largest absolute Gasteiger partial charge is 0.450 e. The van der Waals surface area contributed by atoms with Crippen LogP contribution in [0.4, 0.5) is 4.79 Å². The fourth-order valence-electron chi connectivity index (χ4n) is 2.31. The lowest BCUT2D eigenvalue weighted by atomic mass is 10.1. The van der Waals surface area contributed by atoms with Crippen LogP contribution in [0.2, 0.25) is 0 Å². The van der Waals surface area contributed by atoms with Gasteiger partial charge in [0.1, 0.15) is 0 Å². The Morgan fingerprint density at radius 1 is 1.57 bits per heavy atom. The van der Waals surface area contributed by atoms with Gasteiger partial charge in [-0.15, -0.1) is 35.3 Å². The molecule has 0 bridgehead atoms. The molecule has 130 valence electrons. The van der Waals surface area contributed by atoms with E-state index < -0.39 is 0 Å². The summed E-state index contributed by atoms with van der Waals surface area (Å²) >= 11 is 1.59. The highest BCUT2D eigenvalue weighted by Gasteiger charge is 2.23. The summed E-state index contributed by atoms with van der Waals surface area (Å²) < 4.78 is 5.00. The topological polar surface area (TPSA) is 92.8 Å². The molecule has 1 fully saturated rings. The number of likely N-dealkylation sites (tertiary alicyclic amines) is 1. The first kappa shape index (κ1) is 19.9. The van der Waals surface area contributed by atoms with Crippen LogP contribution in [0, 0.1) is 6.92 Å². The van der Waals surface area contributed by atoms with Crippen LogP contribution in [-0.2, 0) is 11.3 Å². The van der Waals surface area contributed by atoms with E-state index in [0.717, 1.165) is 23.4 Å². The number of aromatic nitrogens is 1. The van der Waals surface area contributed by atoms with Crippen LogP contribution in [-0.4, -0.2) is 47.7 Å². The molecule has 0 aliphatic carbocycles. The molecule has 0 radical (unpaired) electrons. The van der Waals surface area contributed by atoms with Crippen molar-refractivity contribution in [1.82, 2.24) is 15.2 Å². The van der Waals surface area contributed by atoms with Gasteiger partial charge in [0.25, 0.3) is 0 Å². The van der Waals surface area contributed by atoms with Gasteiger partial charge in [0.2, 0.25) is 0 Å². The first-order chi connectivity index (χ1) is 10.6. The van der Waals surface area contributed by atoms with Crippen LogP contribution >= 0.6 is 35.3 Å². The van der Waals surface area contributed by atoms with E-state index in [1.807, 2.05) is 19.4 Å². The van der Waals surface area contributed by atoms with Crippen LogP contribution < -0.4 is 11.1 Å². The van der Waals surface area contributed by atoms with Gasteiger partial charge in [0, 0.05) is 24.0 Å². The number of halogens is 1. The maximum Gasteiger partial charge on any atom is 0.409 e. The predicted octanol–water partition coefficient (Wildman–Crippen LogP) is 2.09. The number of nitrogens with two attached hydrogens (primary N) is 1. The highest BCUT2D eigenvalue weighted by Crippen LogP contribution is 2.13. The highest BCUT2D eigenvalue weighted by atomic mass is 127. The maximum absolute atomic E-state index is 11.6. The van der Waals surface area contributed by atoms with Crippen molar-refractivity contribution in [2.45, 2.75) is 39.3 Å². The smallest absolute Gasteiger partial charge is 0.409 e. The van der Waals surface area contributed by atoms with Crippen molar-refractivity contribution in [2.24, 2.45) is 10.7 Å². The molecule has 0 saturated carbocycles. The zero-order chi connectivity index (χ0) is 15.9. The lowest BCUT2D eigenvalue weighted by Crippen LogP contribution is -2.48. The molecule has 1 saturated heterocycles. The molecule has 0 aromatic carbocycles. The van der Waals surface area contributed by atoms with Crippen molar-refractivity contribution in [1.29, 1.82) is 0 Å². The highest BCUT2D eigenvalue weighted by molar-refractivity contribution is 14.0. The number of aryl methyl sites for hydroxylation is 1. The molecule has 1 aromatic heterocycles. The minimum absolute atomic E-state index is 0. The Labute approximate surface area is 157 Å². The fraction of sp³-hybridized carbons (Fsp3) is 0.643. The third kappa shape index (κ3) is 6.13. The van der Waals surface area contributed by atoms with E-state index in [2.05, 4.69) is 15.3 Å². The summed E-state index contributed by atoms with van der Waals surface area (Å²) in [6.07, 6.45) is 1.45. The summed E-state index contributed by atoms with van der Waals surface area (Å²) in [7, 11) is 0.